The van der Waals surface area contributed by atoms with Crippen molar-refractivity contribution in [1.82, 2.24) is 0 Å². The standard InChI is InChI=1S/C13H18O9/c1-6(14)19-9-5-10(20-7(2)15)22-12(13(17)18-4)11(9)21-8(3)16/h9-12H,5H2,1-4H3/t9-,10?,11+,12+/m1/s1. The highest BCUT2D eigenvalue weighted by Gasteiger charge is 2.48. The molecule has 4 atom stereocenters. The number of methoxy groups -OCH3 is 1. The first-order valence-corrected chi connectivity index (χ1v) is 6.49. The van der Waals surface area contributed by atoms with Gasteiger partial charge in [0.25, 0.3) is 0 Å². The maximum Gasteiger partial charge on any atom is 0.339 e. The highest BCUT2D eigenvalue weighted by Crippen LogP contribution is 2.27. The zero-order valence-electron chi connectivity index (χ0n) is 12.7. The van der Waals surface area contributed by atoms with E-state index in [9.17, 15) is 19.2 Å². The van der Waals surface area contributed by atoms with Crippen LogP contribution in [0.3, 0.4) is 0 Å². The molecule has 1 fully saturated rings. The van der Waals surface area contributed by atoms with Crippen LogP contribution in [0.4, 0.5) is 0 Å². The molecule has 1 aliphatic heterocycles. The van der Waals surface area contributed by atoms with Crippen LogP contribution < -0.4 is 0 Å². The Hall–Kier alpha value is -2.16. The van der Waals surface area contributed by atoms with Gasteiger partial charge in [-0.15, -0.1) is 0 Å². The van der Waals surface area contributed by atoms with E-state index in [1.165, 1.54) is 0 Å². The number of hydrogen-bond acceptors (Lipinski definition) is 9. The minimum atomic E-state index is -1.38. The fourth-order valence-electron chi connectivity index (χ4n) is 2.04. The molecule has 9 heteroatoms. The first kappa shape index (κ1) is 17.9. The lowest BCUT2D eigenvalue weighted by molar-refractivity contribution is -0.255. The Balaban J connectivity index is 3.03. The minimum absolute atomic E-state index is 0.0788. The summed E-state index contributed by atoms with van der Waals surface area (Å²) in [5, 5.41) is 0. The molecule has 22 heavy (non-hydrogen) atoms. The average Bonchev–Trinajstić information content (AvgIpc) is 2.38. The van der Waals surface area contributed by atoms with E-state index in [1.54, 1.807) is 0 Å². The number of carbonyl (C=O) groups excluding carboxylic acids is 4. The van der Waals surface area contributed by atoms with Crippen LogP contribution in [-0.4, -0.2) is 55.6 Å². The van der Waals surface area contributed by atoms with Crippen molar-refractivity contribution in [2.24, 2.45) is 0 Å². The lowest BCUT2D eigenvalue weighted by atomic mass is 10.0. The van der Waals surface area contributed by atoms with Gasteiger partial charge in [0.15, 0.2) is 12.2 Å². The van der Waals surface area contributed by atoms with E-state index in [4.69, 9.17) is 18.9 Å². The number of ether oxygens (including phenoxy) is 5. The van der Waals surface area contributed by atoms with Gasteiger partial charge in [0.1, 0.15) is 6.10 Å². The quantitative estimate of drug-likeness (QED) is 0.509. The summed E-state index contributed by atoms with van der Waals surface area (Å²) >= 11 is 0. The molecule has 0 spiro atoms. The average molecular weight is 318 g/mol. The zero-order valence-corrected chi connectivity index (χ0v) is 12.7. The predicted molar refractivity (Wildman–Crippen MR) is 68.2 cm³/mol. The van der Waals surface area contributed by atoms with Crippen molar-refractivity contribution in [2.45, 2.75) is 51.8 Å². The molecule has 124 valence electrons. The van der Waals surface area contributed by atoms with Crippen molar-refractivity contribution in [3.63, 3.8) is 0 Å². The molecule has 0 bridgehead atoms. The van der Waals surface area contributed by atoms with E-state index < -0.39 is 48.5 Å². The van der Waals surface area contributed by atoms with Crippen LogP contribution >= 0.6 is 0 Å². The molecule has 1 aliphatic rings. The smallest absolute Gasteiger partial charge is 0.339 e. The first-order chi connectivity index (χ1) is 10.2. The Morgan fingerprint density at radius 2 is 1.45 bits per heavy atom. The Bertz CT molecular complexity index is 458. The van der Waals surface area contributed by atoms with Gasteiger partial charge < -0.3 is 23.7 Å². The van der Waals surface area contributed by atoms with E-state index in [0.29, 0.717) is 0 Å². The normalized spacial score (nSPS) is 27.5. The van der Waals surface area contributed by atoms with Gasteiger partial charge in [-0.25, -0.2) is 4.79 Å². The Morgan fingerprint density at radius 1 is 0.909 bits per heavy atom. The molecule has 0 radical (unpaired) electrons. The molecule has 1 heterocycles. The molecule has 9 nitrogen and oxygen atoms in total. The van der Waals surface area contributed by atoms with Gasteiger partial charge in [-0.3, -0.25) is 14.4 Å². The SMILES string of the molecule is COC(=O)[C@H]1OC(OC(C)=O)C[C@@H](OC(C)=O)[C@@H]1OC(C)=O. The fraction of sp³-hybridized carbons (Fsp3) is 0.692. The summed E-state index contributed by atoms with van der Waals surface area (Å²) in [5.74, 6) is -2.82. The fourth-order valence-corrected chi connectivity index (χ4v) is 2.04. The van der Waals surface area contributed by atoms with Crippen LogP contribution in [0.2, 0.25) is 0 Å². The zero-order chi connectivity index (χ0) is 16.9. The molecule has 0 N–H and O–H groups in total. The van der Waals surface area contributed by atoms with E-state index in [-0.39, 0.29) is 6.42 Å². The molecule has 0 saturated carbocycles. The van der Waals surface area contributed by atoms with Crippen LogP contribution in [-0.2, 0) is 42.9 Å². The van der Waals surface area contributed by atoms with E-state index >= 15 is 0 Å². The first-order valence-electron chi connectivity index (χ1n) is 6.49. The third-order valence-electron chi connectivity index (χ3n) is 2.74. The summed E-state index contributed by atoms with van der Waals surface area (Å²) in [6.45, 7) is 3.46. The summed E-state index contributed by atoms with van der Waals surface area (Å²) in [6, 6.07) is 0. The second kappa shape index (κ2) is 7.74. The third kappa shape index (κ3) is 4.99. The van der Waals surface area contributed by atoms with Gasteiger partial charge in [0.05, 0.1) is 13.5 Å². The van der Waals surface area contributed by atoms with Crippen LogP contribution in [0.5, 0.6) is 0 Å². The summed E-state index contributed by atoms with van der Waals surface area (Å²) in [5.41, 5.74) is 0. The van der Waals surface area contributed by atoms with Crippen molar-refractivity contribution in [3.8, 4) is 0 Å². The molecule has 1 saturated heterocycles. The van der Waals surface area contributed by atoms with Crippen molar-refractivity contribution in [3.05, 3.63) is 0 Å². The molecular formula is C13H18O9. The number of esters is 4. The van der Waals surface area contributed by atoms with Crippen molar-refractivity contribution in [2.75, 3.05) is 7.11 Å². The van der Waals surface area contributed by atoms with E-state index in [1.807, 2.05) is 0 Å². The topological polar surface area (TPSA) is 114 Å². The molecule has 0 aromatic carbocycles. The number of rotatable bonds is 4. The maximum atomic E-state index is 11.8. The molecule has 0 aliphatic carbocycles. The van der Waals surface area contributed by atoms with Crippen molar-refractivity contribution >= 4 is 23.9 Å². The maximum absolute atomic E-state index is 11.8. The van der Waals surface area contributed by atoms with Gasteiger partial charge in [0.2, 0.25) is 6.29 Å². The molecule has 0 aromatic rings. The van der Waals surface area contributed by atoms with E-state index in [2.05, 4.69) is 4.74 Å². The highest BCUT2D eigenvalue weighted by atomic mass is 16.7. The van der Waals surface area contributed by atoms with E-state index in [0.717, 1.165) is 27.9 Å². The second-order valence-electron chi connectivity index (χ2n) is 4.58. The number of hydrogen-bond donors (Lipinski definition) is 0. The molecule has 1 unspecified atom stereocenters. The van der Waals surface area contributed by atoms with Crippen LogP contribution in [0, 0.1) is 0 Å². The predicted octanol–water partition coefficient (Wildman–Crippen LogP) is -0.299. The molecule has 0 amide bonds. The van der Waals surface area contributed by atoms with Gasteiger partial charge in [0, 0.05) is 20.8 Å². The van der Waals surface area contributed by atoms with Gasteiger partial charge in [-0.1, -0.05) is 0 Å². The Morgan fingerprint density at radius 3 is 1.91 bits per heavy atom. The Labute approximate surface area is 126 Å². The number of carbonyl (C=O) groups is 4. The van der Waals surface area contributed by atoms with Gasteiger partial charge in [-0.05, 0) is 0 Å². The van der Waals surface area contributed by atoms with Gasteiger partial charge in [-0.2, -0.15) is 0 Å². The molecular weight excluding hydrogens is 300 g/mol. The van der Waals surface area contributed by atoms with Crippen LogP contribution in [0.25, 0.3) is 0 Å². The van der Waals surface area contributed by atoms with Gasteiger partial charge >= 0.3 is 23.9 Å². The molecule has 0 aromatic heterocycles. The summed E-state index contributed by atoms with van der Waals surface area (Å²) in [4.78, 5) is 45.2. The lowest BCUT2D eigenvalue weighted by Crippen LogP contribution is -2.55. The summed E-state index contributed by atoms with van der Waals surface area (Å²) in [6.07, 6.45) is -4.79. The van der Waals surface area contributed by atoms with Crippen LogP contribution in [0.15, 0.2) is 0 Å². The third-order valence-corrected chi connectivity index (χ3v) is 2.74. The summed E-state index contributed by atoms with van der Waals surface area (Å²) < 4.78 is 24.8. The largest absolute Gasteiger partial charge is 0.467 e. The van der Waals surface area contributed by atoms with Crippen molar-refractivity contribution < 1.29 is 42.9 Å². The Kier molecular flexibility index (Phi) is 6.29. The minimum Gasteiger partial charge on any atom is -0.467 e. The molecule has 1 rings (SSSR count). The van der Waals surface area contributed by atoms with Crippen molar-refractivity contribution in [1.29, 1.82) is 0 Å². The monoisotopic (exact) mass is 318 g/mol. The highest BCUT2D eigenvalue weighted by molar-refractivity contribution is 5.77. The lowest BCUT2D eigenvalue weighted by Gasteiger charge is -2.38. The summed E-state index contributed by atoms with van der Waals surface area (Å²) in [7, 11) is 1.12. The van der Waals surface area contributed by atoms with Crippen LogP contribution in [0.1, 0.15) is 27.2 Å². The second-order valence-corrected chi connectivity index (χ2v) is 4.58.